The van der Waals surface area contributed by atoms with Crippen molar-refractivity contribution < 1.29 is 32.4 Å². The first-order valence-electron chi connectivity index (χ1n) is 7.02. The maximum atomic E-state index is 15.7. The minimum atomic E-state index is -2.83. The van der Waals surface area contributed by atoms with Crippen molar-refractivity contribution in [1.29, 1.82) is 0 Å². The summed E-state index contributed by atoms with van der Waals surface area (Å²) >= 11 is 5.83. The number of benzene rings is 1. The molecule has 140 valence electrons. The van der Waals surface area contributed by atoms with E-state index in [1.807, 2.05) is 0 Å². The van der Waals surface area contributed by atoms with Gasteiger partial charge in [0.25, 0.3) is 5.70 Å². The molecule has 0 heterocycles. The van der Waals surface area contributed by atoms with Gasteiger partial charge in [0.1, 0.15) is 0 Å². The van der Waals surface area contributed by atoms with E-state index in [0.29, 0.717) is 6.08 Å². The SMILES string of the molecule is NC(=O)C1=CCC(F)(c2ccc(Cl)c(OCF)c2OCF)C([N+](=O)[O-])=C1. The van der Waals surface area contributed by atoms with Gasteiger partial charge >= 0.3 is 0 Å². The zero-order valence-electron chi connectivity index (χ0n) is 13.0. The molecule has 1 atom stereocenters. The van der Waals surface area contributed by atoms with Crippen LogP contribution in [0, 0.1) is 10.1 Å². The Bertz CT molecular complexity index is 815. The maximum Gasteiger partial charge on any atom is 0.289 e. The first-order chi connectivity index (χ1) is 12.3. The van der Waals surface area contributed by atoms with Crippen LogP contribution in [0.2, 0.25) is 5.02 Å². The average molecular weight is 393 g/mol. The van der Waals surface area contributed by atoms with Gasteiger partial charge in [-0.3, -0.25) is 14.9 Å². The van der Waals surface area contributed by atoms with E-state index in [1.54, 1.807) is 0 Å². The molecule has 1 aromatic rings. The molecule has 1 amide bonds. The minimum Gasteiger partial charge on any atom is -0.459 e. The number of carbonyl (C=O) groups is 1. The number of amides is 1. The quantitative estimate of drug-likeness (QED) is 0.567. The molecular formula is C15H12ClF3N2O5. The lowest BCUT2D eigenvalue weighted by atomic mass is 9.83. The van der Waals surface area contributed by atoms with E-state index >= 15 is 4.39 Å². The van der Waals surface area contributed by atoms with Gasteiger partial charge in [-0.25, -0.2) is 13.2 Å². The highest BCUT2D eigenvalue weighted by Crippen LogP contribution is 2.50. The highest BCUT2D eigenvalue weighted by atomic mass is 35.5. The van der Waals surface area contributed by atoms with Gasteiger partial charge in [0.15, 0.2) is 11.5 Å². The first-order valence-corrected chi connectivity index (χ1v) is 7.40. The van der Waals surface area contributed by atoms with Crippen molar-refractivity contribution in [3.8, 4) is 11.5 Å². The van der Waals surface area contributed by atoms with E-state index in [9.17, 15) is 23.7 Å². The van der Waals surface area contributed by atoms with Crippen LogP contribution in [0.25, 0.3) is 0 Å². The topological polar surface area (TPSA) is 105 Å². The third-order valence-electron chi connectivity index (χ3n) is 3.67. The van der Waals surface area contributed by atoms with Gasteiger partial charge in [-0.05, 0) is 12.1 Å². The standard InChI is InChI=1S/C15H12ClF3N2O5/c16-10-2-1-9(12(25-6-17)13(10)26-7-18)15(19)4-3-8(14(20)22)5-11(15)21(23)24/h1-3,5H,4,6-7H2,(H2,20,22). The fourth-order valence-electron chi connectivity index (χ4n) is 2.53. The molecule has 0 bridgehead atoms. The van der Waals surface area contributed by atoms with E-state index in [4.69, 9.17) is 17.3 Å². The summed E-state index contributed by atoms with van der Waals surface area (Å²) in [5.74, 6) is -2.11. The summed E-state index contributed by atoms with van der Waals surface area (Å²) in [5, 5.41) is 11.1. The molecule has 7 nitrogen and oxygen atoms in total. The normalized spacial score (nSPS) is 19.4. The molecule has 26 heavy (non-hydrogen) atoms. The zero-order chi connectivity index (χ0) is 19.5. The third-order valence-corrected chi connectivity index (χ3v) is 3.97. The van der Waals surface area contributed by atoms with Crippen LogP contribution in [-0.4, -0.2) is 24.6 Å². The van der Waals surface area contributed by atoms with Crippen LogP contribution in [0.4, 0.5) is 13.2 Å². The average Bonchev–Trinajstić information content (AvgIpc) is 2.58. The molecular weight excluding hydrogens is 381 g/mol. The van der Waals surface area contributed by atoms with E-state index in [-0.39, 0.29) is 10.6 Å². The molecule has 1 aliphatic carbocycles. The monoisotopic (exact) mass is 392 g/mol. The number of nitrogens with zero attached hydrogens (tertiary/aromatic N) is 1. The Labute approximate surface area is 150 Å². The lowest BCUT2D eigenvalue weighted by molar-refractivity contribution is -0.442. The van der Waals surface area contributed by atoms with Crippen LogP contribution in [0.1, 0.15) is 12.0 Å². The summed E-state index contributed by atoms with van der Waals surface area (Å²) in [6.07, 6.45) is 1.06. The highest BCUT2D eigenvalue weighted by Gasteiger charge is 2.49. The predicted molar refractivity (Wildman–Crippen MR) is 84.4 cm³/mol. The molecule has 0 spiro atoms. The molecule has 11 heteroatoms. The summed E-state index contributed by atoms with van der Waals surface area (Å²) in [7, 11) is 0. The molecule has 0 saturated heterocycles. The number of nitrogens with two attached hydrogens (primary N) is 1. The summed E-state index contributed by atoms with van der Waals surface area (Å²) < 4.78 is 50.3. The Kier molecular flexibility index (Phi) is 5.76. The maximum absolute atomic E-state index is 15.7. The van der Waals surface area contributed by atoms with Crippen molar-refractivity contribution in [2.45, 2.75) is 12.1 Å². The Morgan fingerprint density at radius 3 is 2.46 bits per heavy atom. The van der Waals surface area contributed by atoms with Crippen molar-refractivity contribution in [2.24, 2.45) is 5.73 Å². The van der Waals surface area contributed by atoms with Crippen LogP contribution in [0.15, 0.2) is 35.6 Å². The van der Waals surface area contributed by atoms with Gasteiger partial charge < -0.3 is 15.2 Å². The van der Waals surface area contributed by atoms with Crippen LogP contribution in [-0.2, 0) is 10.5 Å². The van der Waals surface area contributed by atoms with Gasteiger partial charge in [-0.2, -0.15) is 0 Å². The summed E-state index contributed by atoms with van der Waals surface area (Å²) in [6.45, 7) is -2.83. The van der Waals surface area contributed by atoms with Gasteiger partial charge in [0.2, 0.25) is 25.3 Å². The van der Waals surface area contributed by atoms with Gasteiger partial charge in [0.05, 0.1) is 9.95 Å². The van der Waals surface area contributed by atoms with Gasteiger partial charge in [-0.1, -0.05) is 17.7 Å². The number of halogens is 4. The lowest BCUT2D eigenvalue weighted by Gasteiger charge is -2.27. The smallest absolute Gasteiger partial charge is 0.289 e. The number of rotatable bonds is 7. The first kappa shape index (κ1) is 19.6. The van der Waals surface area contributed by atoms with Crippen LogP contribution in [0.3, 0.4) is 0 Å². The fraction of sp³-hybridized carbons (Fsp3) is 0.267. The van der Waals surface area contributed by atoms with Crippen molar-refractivity contribution in [3.63, 3.8) is 0 Å². The van der Waals surface area contributed by atoms with Crippen molar-refractivity contribution >= 4 is 17.5 Å². The Morgan fingerprint density at radius 1 is 1.31 bits per heavy atom. The molecule has 1 unspecified atom stereocenters. The van der Waals surface area contributed by atoms with Crippen LogP contribution < -0.4 is 15.2 Å². The minimum absolute atomic E-state index is 0.214. The number of hydrogen-bond acceptors (Lipinski definition) is 5. The Balaban J connectivity index is 2.69. The largest absolute Gasteiger partial charge is 0.459 e. The molecule has 2 N–H and O–H groups in total. The number of primary amides is 1. The van der Waals surface area contributed by atoms with Crippen LogP contribution in [0.5, 0.6) is 11.5 Å². The molecule has 1 aromatic carbocycles. The molecule has 0 aliphatic heterocycles. The summed E-state index contributed by atoms with van der Waals surface area (Å²) in [5.41, 5.74) is 0.452. The van der Waals surface area contributed by atoms with E-state index in [2.05, 4.69) is 9.47 Å². The summed E-state index contributed by atoms with van der Waals surface area (Å²) in [4.78, 5) is 21.5. The zero-order valence-corrected chi connectivity index (χ0v) is 13.8. The number of ether oxygens (including phenoxy) is 2. The fourth-order valence-corrected chi connectivity index (χ4v) is 2.73. The van der Waals surface area contributed by atoms with Crippen LogP contribution >= 0.6 is 11.6 Å². The van der Waals surface area contributed by atoms with Crippen molar-refractivity contribution in [1.82, 2.24) is 0 Å². The summed E-state index contributed by atoms with van der Waals surface area (Å²) in [6, 6.07) is 2.12. The number of carbonyl (C=O) groups excluding carboxylic acids is 1. The van der Waals surface area contributed by atoms with E-state index < -0.39 is 59.4 Å². The molecule has 0 radical (unpaired) electrons. The number of alkyl halides is 3. The van der Waals surface area contributed by atoms with E-state index in [0.717, 1.165) is 18.2 Å². The second-order valence-electron chi connectivity index (χ2n) is 5.08. The van der Waals surface area contributed by atoms with E-state index in [1.165, 1.54) is 0 Å². The van der Waals surface area contributed by atoms with Gasteiger partial charge in [0, 0.05) is 23.6 Å². The van der Waals surface area contributed by atoms with Crippen molar-refractivity contribution in [2.75, 3.05) is 13.7 Å². The molecule has 1 aliphatic rings. The third kappa shape index (κ3) is 3.45. The number of hydrogen-bond donors (Lipinski definition) is 1. The molecule has 0 fully saturated rings. The van der Waals surface area contributed by atoms with Crippen molar-refractivity contribution in [3.05, 3.63) is 56.3 Å². The number of allylic oxidation sites excluding steroid dienone is 2. The predicted octanol–water partition coefficient (Wildman–Crippen LogP) is 3.09. The molecule has 0 saturated carbocycles. The second kappa shape index (κ2) is 7.65. The Morgan fingerprint density at radius 2 is 1.92 bits per heavy atom. The molecule has 2 rings (SSSR count). The molecule has 0 aromatic heterocycles. The highest BCUT2D eigenvalue weighted by molar-refractivity contribution is 6.32. The lowest BCUT2D eigenvalue weighted by Crippen LogP contribution is -2.31. The van der Waals surface area contributed by atoms with Gasteiger partial charge in [-0.15, -0.1) is 0 Å². The number of nitro groups is 1. The second-order valence-corrected chi connectivity index (χ2v) is 5.48. The Hall–Kier alpha value is -2.75.